The molecule has 0 aliphatic rings. The second kappa shape index (κ2) is 9.06. The lowest BCUT2D eigenvalue weighted by atomic mass is 10.1. The standard InChI is InChI=1S/C20H22N4O5S/c1-22(2)11-12-23(19(25)13-7-5-6-8-14(13)24(26)27)20-21-17-15(28-3)9-10-16(29-4)18(17)30-20/h5-10H,11-12H2,1-4H3. The predicted octanol–water partition coefficient (Wildman–Crippen LogP) is 3.43. The molecule has 1 amide bonds. The first-order valence-electron chi connectivity index (χ1n) is 9.09. The maximum atomic E-state index is 13.4. The molecule has 0 saturated carbocycles. The summed E-state index contributed by atoms with van der Waals surface area (Å²) < 4.78 is 11.6. The molecule has 0 aliphatic carbocycles. The van der Waals surface area contributed by atoms with Crippen molar-refractivity contribution in [2.24, 2.45) is 0 Å². The van der Waals surface area contributed by atoms with Crippen LogP contribution in [-0.4, -0.2) is 62.1 Å². The molecular formula is C20H22N4O5S. The number of nitro groups is 1. The molecule has 1 heterocycles. The number of rotatable bonds is 8. The highest BCUT2D eigenvalue weighted by atomic mass is 32.1. The fraction of sp³-hybridized carbons (Fsp3) is 0.300. The summed E-state index contributed by atoms with van der Waals surface area (Å²) in [6.07, 6.45) is 0. The topological polar surface area (TPSA) is 98.0 Å². The van der Waals surface area contributed by atoms with Crippen LogP contribution in [0.25, 0.3) is 10.2 Å². The smallest absolute Gasteiger partial charge is 0.282 e. The van der Waals surface area contributed by atoms with Crippen molar-refractivity contribution in [3.8, 4) is 11.5 Å². The molecule has 0 atom stereocenters. The van der Waals surface area contributed by atoms with E-state index in [2.05, 4.69) is 4.98 Å². The Morgan fingerprint density at radius 2 is 1.77 bits per heavy atom. The van der Waals surface area contributed by atoms with E-state index in [0.29, 0.717) is 35.2 Å². The van der Waals surface area contributed by atoms with Crippen LogP contribution in [0.4, 0.5) is 10.8 Å². The normalized spacial score (nSPS) is 11.0. The fourth-order valence-electron chi connectivity index (χ4n) is 2.93. The third kappa shape index (κ3) is 4.19. The first kappa shape index (κ1) is 21.5. The quantitative estimate of drug-likeness (QED) is 0.399. The summed E-state index contributed by atoms with van der Waals surface area (Å²) >= 11 is 1.28. The Kier molecular flexibility index (Phi) is 6.48. The minimum atomic E-state index is -0.554. The van der Waals surface area contributed by atoms with Crippen LogP contribution < -0.4 is 14.4 Å². The average Bonchev–Trinajstić information content (AvgIpc) is 3.17. The molecule has 158 valence electrons. The van der Waals surface area contributed by atoms with Gasteiger partial charge in [-0.15, -0.1) is 0 Å². The van der Waals surface area contributed by atoms with Crippen molar-refractivity contribution >= 4 is 38.3 Å². The third-order valence-electron chi connectivity index (χ3n) is 4.48. The Morgan fingerprint density at radius 3 is 2.40 bits per heavy atom. The number of aromatic nitrogens is 1. The summed E-state index contributed by atoms with van der Waals surface area (Å²) in [6, 6.07) is 9.44. The number of fused-ring (bicyclic) bond motifs is 1. The second-order valence-corrected chi connectivity index (χ2v) is 7.66. The lowest BCUT2D eigenvalue weighted by molar-refractivity contribution is -0.385. The highest BCUT2D eigenvalue weighted by Crippen LogP contribution is 2.40. The Morgan fingerprint density at radius 1 is 1.10 bits per heavy atom. The van der Waals surface area contributed by atoms with Crippen LogP contribution in [-0.2, 0) is 0 Å². The number of carbonyl (C=O) groups excluding carboxylic acids is 1. The molecule has 3 rings (SSSR count). The minimum absolute atomic E-state index is 0.0134. The van der Waals surface area contributed by atoms with Crippen LogP contribution in [0, 0.1) is 10.1 Å². The van der Waals surface area contributed by atoms with E-state index >= 15 is 0 Å². The number of benzene rings is 2. The molecule has 0 aliphatic heterocycles. The highest BCUT2D eigenvalue weighted by Gasteiger charge is 2.28. The van der Waals surface area contributed by atoms with Crippen molar-refractivity contribution in [3.63, 3.8) is 0 Å². The van der Waals surface area contributed by atoms with Crippen LogP contribution >= 0.6 is 11.3 Å². The maximum absolute atomic E-state index is 13.4. The van der Waals surface area contributed by atoms with Gasteiger partial charge in [0.15, 0.2) is 5.13 Å². The van der Waals surface area contributed by atoms with E-state index in [9.17, 15) is 14.9 Å². The molecule has 0 fully saturated rings. The Labute approximate surface area is 177 Å². The fourth-order valence-corrected chi connectivity index (χ4v) is 4.03. The number of thiazole rings is 1. The first-order valence-corrected chi connectivity index (χ1v) is 9.90. The highest BCUT2D eigenvalue weighted by molar-refractivity contribution is 7.22. The average molecular weight is 430 g/mol. The zero-order valence-electron chi connectivity index (χ0n) is 17.1. The molecule has 2 aromatic carbocycles. The number of para-hydroxylation sites is 1. The van der Waals surface area contributed by atoms with Crippen molar-refractivity contribution in [2.45, 2.75) is 0 Å². The summed E-state index contributed by atoms with van der Waals surface area (Å²) in [5, 5.41) is 11.9. The maximum Gasteiger partial charge on any atom is 0.282 e. The van der Waals surface area contributed by atoms with Crippen LogP contribution in [0.3, 0.4) is 0 Å². The van der Waals surface area contributed by atoms with E-state index in [1.165, 1.54) is 34.4 Å². The zero-order valence-corrected chi connectivity index (χ0v) is 17.9. The van der Waals surface area contributed by atoms with E-state index in [1.54, 1.807) is 32.4 Å². The van der Waals surface area contributed by atoms with Gasteiger partial charge in [0.2, 0.25) is 0 Å². The molecule has 10 heteroatoms. The molecule has 3 aromatic rings. The minimum Gasteiger partial charge on any atom is -0.495 e. The lowest BCUT2D eigenvalue weighted by Crippen LogP contribution is -2.37. The predicted molar refractivity (Wildman–Crippen MR) is 116 cm³/mol. The summed E-state index contributed by atoms with van der Waals surface area (Å²) in [5.74, 6) is 0.681. The number of carbonyl (C=O) groups is 1. The van der Waals surface area contributed by atoms with Crippen molar-refractivity contribution in [1.82, 2.24) is 9.88 Å². The number of anilines is 1. The molecule has 0 radical (unpaired) electrons. The Balaban J connectivity index is 2.13. The molecule has 0 spiro atoms. The largest absolute Gasteiger partial charge is 0.495 e. The number of ether oxygens (including phenoxy) is 2. The van der Waals surface area contributed by atoms with Crippen molar-refractivity contribution in [2.75, 3.05) is 46.3 Å². The van der Waals surface area contributed by atoms with Gasteiger partial charge in [-0.2, -0.15) is 0 Å². The number of hydrogen-bond acceptors (Lipinski definition) is 8. The molecule has 30 heavy (non-hydrogen) atoms. The summed E-state index contributed by atoms with van der Waals surface area (Å²) in [6.45, 7) is 0.860. The summed E-state index contributed by atoms with van der Waals surface area (Å²) in [5.41, 5.74) is 0.343. The van der Waals surface area contributed by atoms with Crippen molar-refractivity contribution in [1.29, 1.82) is 0 Å². The van der Waals surface area contributed by atoms with Gasteiger partial charge in [-0.3, -0.25) is 19.8 Å². The van der Waals surface area contributed by atoms with Crippen molar-refractivity contribution < 1.29 is 19.2 Å². The molecule has 9 nitrogen and oxygen atoms in total. The van der Waals surface area contributed by atoms with Gasteiger partial charge in [0.25, 0.3) is 11.6 Å². The van der Waals surface area contributed by atoms with Crippen LogP contribution in [0.15, 0.2) is 36.4 Å². The van der Waals surface area contributed by atoms with Crippen LogP contribution in [0.5, 0.6) is 11.5 Å². The molecule has 0 N–H and O–H groups in total. The number of nitrogens with zero attached hydrogens (tertiary/aromatic N) is 4. The SMILES string of the molecule is COc1ccc(OC)c2sc(N(CCN(C)C)C(=O)c3ccccc3[N+](=O)[O-])nc12. The van der Waals surface area contributed by atoms with Gasteiger partial charge in [0.1, 0.15) is 27.3 Å². The zero-order chi connectivity index (χ0) is 21.8. The first-order chi connectivity index (χ1) is 14.4. The van der Waals surface area contributed by atoms with E-state index in [0.717, 1.165) is 4.70 Å². The van der Waals surface area contributed by atoms with Gasteiger partial charge in [-0.05, 0) is 32.3 Å². The van der Waals surface area contributed by atoms with E-state index in [1.807, 2.05) is 19.0 Å². The van der Waals surface area contributed by atoms with E-state index in [-0.39, 0.29) is 11.3 Å². The number of hydrogen-bond donors (Lipinski definition) is 0. The Bertz CT molecular complexity index is 1040. The van der Waals surface area contributed by atoms with Gasteiger partial charge in [-0.25, -0.2) is 4.98 Å². The van der Waals surface area contributed by atoms with E-state index < -0.39 is 10.8 Å². The molecular weight excluding hydrogens is 408 g/mol. The van der Waals surface area contributed by atoms with Gasteiger partial charge >= 0.3 is 0 Å². The Hall–Kier alpha value is -3.24. The van der Waals surface area contributed by atoms with Crippen LogP contribution in [0.2, 0.25) is 0 Å². The third-order valence-corrected chi connectivity index (χ3v) is 5.57. The molecule has 1 aromatic heterocycles. The lowest BCUT2D eigenvalue weighted by Gasteiger charge is -2.21. The van der Waals surface area contributed by atoms with Gasteiger partial charge < -0.3 is 14.4 Å². The number of amides is 1. The monoisotopic (exact) mass is 430 g/mol. The van der Waals surface area contributed by atoms with Gasteiger partial charge in [-0.1, -0.05) is 23.5 Å². The molecule has 0 saturated heterocycles. The summed E-state index contributed by atoms with van der Waals surface area (Å²) in [4.78, 5) is 32.3. The molecule has 0 bridgehead atoms. The van der Waals surface area contributed by atoms with Crippen LogP contribution in [0.1, 0.15) is 10.4 Å². The summed E-state index contributed by atoms with van der Waals surface area (Å²) in [7, 11) is 6.88. The van der Waals surface area contributed by atoms with Gasteiger partial charge in [0.05, 0.1) is 19.1 Å². The second-order valence-electron chi connectivity index (χ2n) is 6.68. The van der Waals surface area contributed by atoms with E-state index in [4.69, 9.17) is 9.47 Å². The van der Waals surface area contributed by atoms with Crippen molar-refractivity contribution in [3.05, 3.63) is 52.1 Å². The number of likely N-dealkylation sites (N-methyl/N-ethyl adjacent to an activating group) is 1. The molecule has 0 unspecified atom stereocenters. The van der Waals surface area contributed by atoms with Gasteiger partial charge in [0, 0.05) is 19.2 Å². The number of methoxy groups -OCH3 is 2. The number of nitro benzene ring substituents is 1.